The van der Waals surface area contributed by atoms with Crippen molar-refractivity contribution in [3.8, 4) is 5.75 Å². The number of hydrogen-bond acceptors (Lipinski definition) is 3. The molecule has 23 heavy (non-hydrogen) atoms. The summed E-state index contributed by atoms with van der Waals surface area (Å²) in [5, 5.41) is 7.14. The number of rotatable bonds is 9. The first kappa shape index (κ1) is 22.3. The van der Waals surface area contributed by atoms with E-state index in [1.807, 2.05) is 32.0 Å². The summed E-state index contributed by atoms with van der Waals surface area (Å²) >= 11 is 5.94. The standard InChI is InChI=1S/C16H26ClN3O2.HI/c1-4-21-10-6-9-19-16(18-3)20-12-13(2)22-15-8-5-7-14(17)11-15;/h5,7-8,11,13H,4,6,9-10,12H2,1-3H3,(H2,18,19,20);1H. The highest BCUT2D eigenvalue weighted by atomic mass is 127. The minimum Gasteiger partial charge on any atom is -0.489 e. The summed E-state index contributed by atoms with van der Waals surface area (Å²) in [6, 6.07) is 7.39. The lowest BCUT2D eigenvalue weighted by molar-refractivity contribution is 0.145. The van der Waals surface area contributed by atoms with Crippen LogP contribution in [0.5, 0.6) is 5.75 Å². The molecule has 0 aliphatic rings. The molecule has 0 aliphatic carbocycles. The lowest BCUT2D eigenvalue weighted by Gasteiger charge is -2.18. The van der Waals surface area contributed by atoms with Gasteiger partial charge in [-0.1, -0.05) is 17.7 Å². The van der Waals surface area contributed by atoms with E-state index < -0.39 is 0 Å². The average Bonchev–Trinajstić information content (AvgIpc) is 2.50. The van der Waals surface area contributed by atoms with Crippen LogP contribution in [-0.2, 0) is 4.74 Å². The monoisotopic (exact) mass is 455 g/mol. The summed E-state index contributed by atoms with van der Waals surface area (Å²) in [5.41, 5.74) is 0. The van der Waals surface area contributed by atoms with E-state index in [0.717, 1.165) is 37.9 Å². The first-order chi connectivity index (χ1) is 10.7. The normalized spacial score (nSPS) is 12.3. The third-order valence-corrected chi connectivity index (χ3v) is 3.11. The Hall–Kier alpha value is -0.730. The van der Waals surface area contributed by atoms with Gasteiger partial charge < -0.3 is 20.1 Å². The Bertz CT molecular complexity index is 461. The van der Waals surface area contributed by atoms with Crippen LogP contribution in [-0.4, -0.2) is 45.4 Å². The smallest absolute Gasteiger partial charge is 0.191 e. The Labute approximate surface area is 161 Å². The van der Waals surface area contributed by atoms with E-state index in [-0.39, 0.29) is 30.1 Å². The van der Waals surface area contributed by atoms with Crippen molar-refractivity contribution in [1.82, 2.24) is 10.6 Å². The Morgan fingerprint density at radius 3 is 2.78 bits per heavy atom. The molecule has 0 aliphatic heterocycles. The maximum atomic E-state index is 5.94. The number of ether oxygens (including phenoxy) is 2. The number of benzene rings is 1. The Morgan fingerprint density at radius 2 is 2.13 bits per heavy atom. The molecule has 1 rings (SSSR count). The maximum absolute atomic E-state index is 5.94. The van der Waals surface area contributed by atoms with Gasteiger partial charge in [-0.25, -0.2) is 0 Å². The molecule has 132 valence electrons. The largest absolute Gasteiger partial charge is 0.489 e. The van der Waals surface area contributed by atoms with E-state index in [1.54, 1.807) is 13.1 Å². The van der Waals surface area contributed by atoms with Crippen LogP contribution in [0.2, 0.25) is 5.02 Å². The molecule has 0 saturated heterocycles. The van der Waals surface area contributed by atoms with Gasteiger partial charge in [0.1, 0.15) is 11.9 Å². The molecule has 0 saturated carbocycles. The maximum Gasteiger partial charge on any atom is 0.191 e. The predicted molar refractivity (Wildman–Crippen MR) is 107 cm³/mol. The first-order valence-electron chi connectivity index (χ1n) is 7.60. The molecule has 0 radical (unpaired) electrons. The number of hydrogen-bond donors (Lipinski definition) is 2. The van der Waals surface area contributed by atoms with Crippen LogP contribution in [0.3, 0.4) is 0 Å². The lowest BCUT2D eigenvalue weighted by atomic mass is 10.3. The third-order valence-electron chi connectivity index (χ3n) is 2.88. The van der Waals surface area contributed by atoms with Gasteiger partial charge in [0.05, 0.1) is 6.54 Å². The molecule has 2 N–H and O–H groups in total. The summed E-state index contributed by atoms with van der Waals surface area (Å²) in [5.74, 6) is 1.53. The van der Waals surface area contributed by atoms with E-state index in [4.69, 9.17) is 21.1 Å². The van der Waals surface area contributed by atoms with E-state index in [2.05, 4.69) is 15.6 Å². The molecule has 0 amide bonds. The predicted octanol–water partition coefficient (Wildman–Crippen LogP) is 3.32. The summed E-state index contributed by atoms with van der Waals surface area (Å²) in [4.78, 5) is 4.18. The van der Waals surface area contributed by atoms with Gasteiger partial charge in [-0.2, -0.15) is 0 Å². The third kappa shape index (κ3) is 10.6. The van der Waals surface area contributed by atoms with E-state index >= 15 is 0 Å². The van der Waals surface area contributed by atoms with Crippen molar-refractivity contribution >= 4 is 41.5 Å². The van der Waals surface area contributed by atoms with Crippen LogP contribution >= 0.6 is 35.6 Å². The van der Waals surface area contributed by atoms with E-state index in [0.29, 0.717) is 11.6 Å². The van der Waals surface area contributed by atoms with Crippen LogP contribution in [0.1, 0.15) is 20.3 Å². The number of nitrogens with one attached hydrogen (secondary N) is 2. The molecule has 1 unspecified atom stereocenters. The highest BCUT2D eigenvalue weighted by molar-refractivity contribution is 14.0. The number of guanidine groups is 1. The highest BCUT2D eigenvalue weighted by Gasteiger charge is 2.06. The number of aliphatic imine (C=N–C) groups is 1. The second-order valence-corrected chi connectivity index (χ2v) is 5.25. The quantitative estimate of drug-likeness (QED) is 0.260. The Balaban J connectivity index is 0.00000484. The van der Waals surface area contributed by atoms with Gasteiger partial charge in [0.15, 0.2) is 5.96 Å². The average molecular weight is 456 g/mol. The van der Waals surface area contributed by atoms with Gasteiger partial charge >= 0.3 is 0 Å². The molecule has 1 aromatic rings. The molecule has 7 heteroatoms. The SMILES string of the molecule is CCOCCCNC(=NC)NCC(C)Oc1cccc(Cl)c1.I. The fraction of sp³-hybridized carbons (Fsp3) is 0.562. The molecule has 5 nitrogen and oxygen atoms in total. The molecular weight excluding hydrogens is 429 g/mol. The zero-order chi connectivity index (χ0) is 16.2. The van der Waals surface area contributed by atoms with Crippen molar-refractivity contribution in [2.45, 2.75) is 26.4 Å². The van der Waals surface area contributed by atoms with Gasteiger partial charge in [0, 0.05) is 31.8 Å². The minimum atomic E-state index is 0. The Kier molecular flexibility index (Phi) is 13.3. The summed E-state index contributed by atoms with van der Waals surface area (Å²) in [6.07, 6.45) is 0.948. The van der Waals surface area contributed by atoms with Crippen molar-refractivity contribution in [3.63, 3.8) is 0 Å². The Morgan fingerprint density at radius 1 is 1.35 bits per heavy atom. The van der Waals surface area contributed by atoms with Gasteiger partial charge in [-0.3, -0.25) is 4.99 Å². The topological polar surface area (TPSA) is 54.9 Å². The van der Waals surface area contributed by atoms with Gasteiger partial charge in [-0.05, 0) is 38.5 Å². The van der Waals surface area contributed by atoms with E-state index in [9.17, 15) is 0 Å². The first-order valence-corrected chi connectivity index (χ1v) is 7.98. The van der Waals surface area contributed by atoms with Gasteiger partial charge in [0.25, 0.3) is 0 Å². The van der Waals surface area contributed by atoms with Crippen LogP contribution in [0.4, 0.5) is 0 Å². The lowest BCUT2D eigenvalue weighted by Crippen LogP contribution is -2.42. The van der Waals surface area contributed by atoms with Crippen molar-refractivity contribution in [3.05, 3.63) is 29.3 Å². The van der Waals surface area contributed by atoms with Crippen molar-refractivity contribution in [2.75, 3.05) is 33.4 Å². The van der Waals surface area contributed by atoms with Gasteiger partial charge in [-0.15, -0.1) is 24.0 Å². The number of halogens is 2. The fourth-order valence-corrected chi connectivity index (χ4v) is 1.98. The minimum absolute atomic E-state index is 0. The second kappa shape index (κ2) is 13.7. The summed E-state index contributed by atoms with van der Waals surface area (Å²) in [6.45, 7) is 6.98. The molecule has 0 spiro atoms. The molecule has 0 heterocycles. The molecule has 0 bridgehead atoms. The van der Waals surface area contributed by atoms with Crippen LogP contribution in [0, 0.1) is 0 Å². The highest BCUT2D eigenvalue weighted by Crippen LogP contribution is 2.18. The zero-order valence-electron chi connectivity index (χ0n) is 14.0. The van der Waals surface area contributed by atoms with Gasteiger partial charge in [0.2, 0.25) is 0 Å². The molecule has 0 aromatic heterocycles. The van der Waals surface area contributed by atoms with Crippen LogP contribution in [0.25, 0.3) is 0 Å². The van der Waals surface area contributed by atoms with Crippen LogP contribution in [0.15, 0.2) is 29.3 Å². The molecule has 1 aromatic carbocycles. The number of nitrogens with zero attached hydrogens (tertiary/aromatic N) is 1. The second-order valence-electron chi connectivity index (χ2n) is 4.82. The van der Waals surface area contributed by atoms with Crippen molar-refractivity contribution in [1.29, 1.82) is 0 Å². The van der Waals surface area contributed by atoms with E-state index in [1.165, 1.54) is 0 Å². The molecule has 1 atom stereocenters. The molecular formula is C16H27ClIN3O2. The zero-order valence-corrected chi connectivity index (χ0v) is 17.1. The molecule has 0 fully saturated rings. The summed E-state index contributed by atoms with van der Waals surface area (Å²) < 4.78 is 11.1. The fourth-order valence-electron chi connectivity index (χ4n) is 1.80. The summed E-state index contributed by atoms with van der Waals surface area (Å²) in [7, 11) is 1.75. The van der Waals surface area contributed by atoms with Crippen molar-refractivity contribution in [2.24, 2.45) is 4.99 Å². The van der Waals surface area contributed by atoms with Crippen molar-refractivity contribution < 1.29 is 9.47 Å². The van der Waals surface area contributed by atoms with Crippen LogP contribution < -0.4 is 15.4 Å².